The van der Waals surface area contributed by atoms with Gasteiger partial charge in [0.2, 0.25) is 0 Å². The van der Waals surface area contributed by atoms with Crippen molar-refractivity contribution in [3.05, 3.63) is 59.0 Å². The van der Waals surface area contributed by atoms with Crippen LogP contribution in [0.2, 0.25) is 0 Å². The normalized spacial score (nSPS) is 11.8. The lowest BCUT2D eigenvalue weighted by atomic mass is 10.1. The maximum atomic E-state index is 12.4. The molecule has 1 heterocycles. The highest BCUT2D eigenvalue weighted by atomic mass is 19.4. The Kier molecular flexibility index (Phi) is 4.11. The third-order valence-electron chi connectivity index (χ3n) is 2.72. The van der Waals surface area contributed by atoms with Crippen molar-refractivity contribution in [3.63, 3.8) is 0 Å². The number of hydrogen-bond donors (Lipinski definition) is 1. The van der Waals surface area contributed by atoms with Crippen LogP contribution in [0.4, 0.5) is 13.2 Å². The molecule has 0 spiro atoms. The fraction of sp³-hybridized carbons (Fsp3) is 0.143. The van der Waals surface area contributed by atoms with Gasteiger partial charge >= 0.3 is 6.18 Å². The minimum Gasteiger partial charge on any atom is -0.469 e. The van der Waals surface area contributed by atoms with E-state index in [9.17, 15) is 18.0 Å². The highest BCUT2D eigenvalue weighted by Crippen LogP contribution is 2.28. The molecule has 21 heavy (non-hydrogen) atoms. The van der Waals surface area contributed by atoms with Crippen LogP contribution in [-0.4, -0.2) is 12.1 Å². The van der Waals surface area contributed by atoms with Gasteiger partial charge in [-0.1, -0.05) is 12.1 Å². The van der Waals surface area contributed by atoms with Crippen molar-refractivity contribution in [2.75, 3.05) is 0 Å². The van der Waals surface area contributed by atoms with Crippen molar-refractivity contribution in [1.82, 2.24) is 5.43 Å². The van der Waals surface area contributed by atoms with Crippen LogP contribution in [0, 0.1) is 6.92 Å². The summed E-state index contributed by atoms with van der Waals surface area (Å²) in [6, 6.07) is 5.92. The molecule has 2 rings (SSSR count). The van der Waals surface area contributed by atoms with Gasteiger partial charge in [0.25, 0.3) is 5.91 Å². The number of nitrogens with one attached hydrogen (secondary N) is 1. The van der Waals surface area contributed by atoms with E-state index in [1.807, 2.05) is 0 Å². The van der Waals surface area contributed by atoms with Crippen LogP contribution >= 0.6 is 0 Å². The molecule has 2 aromatic rings. The second-order valence-corrected chi connectivity index (χ2v) is 4.21. The number of carbonyl (C=O) groups excluding carboxylic acids is 1. The van der Waals surface area contributed by atoms with Crippen LogP contribution in [0.3, 0.4) is 0 Å². The number of aryl methyl sites for hydroxylation is 1. The van der Waals surface area contributed by atoms with Gasteiger partial charge in [-0.3, -0.25) is 4.79 Å². The molecule has 0 aliphatic carbocycles. The molecule has 0 radical (unpaired) electrons. The molecule has 0 atom stereocenters. The molecule has 1 aromatic heterocycles. The van der Waals surface area contributed by atoms with Crippen molar-refractivity contribution in [2.45, 2.75) is 13.1 Å². The summed E-state index contributed by atoms with van der Waals surface area (Å²) in [5, 5.41) is 3.68. The summed E-state index contributed by atoms with van der Waals surface area (Å²) in [7, 11) is 0. The first-order chi connectivity index (χ1) is 9.88. The van der Waals surface area contributed by atoms with Crippen LogP contribution in [0.15, 0.2) is 46.1 Å². The van der Waals surface area contributed by atoms with E-state index in [1.54, 1.807) is 6.92 Å². The molecule has 1 N–H and O–H groups in total. The Hall–Kier alpha value is -2.57. The van der Waals surface area contributed by atoms with Gasteiger partial charge in [-0.2, -0.15) is 18.3 Å². The molecule has 1 amide bonds. The largest absolute Gasteiger partial charge is 0.469 e. The number of alkyl halides is 3. The summed E-state index contributed by atoms with van der Waals surface area (Å²) in [5.41, 5.74) is 2.31. The zero-order valence-corrected chi connectivity index (χ0v) is 10.9. The second kappa shape index (κ2) is 5.82. The fourth-order valence-corrected chi connectivity index (χ4v) is 1.60. The van der Waals surface area contributed by atoms with Gasteiger partial charge in [-0.05, 0) is 30.7 Å². The molecule has 1 aromatic carbocycles. The molecule has 4 nitrogen and oxygen atoms in total. The number of halogens is 3. The van der Waals surface area contributed by atoms with E-state index in [4.69, 9.17) is 4.42 Å². The smallest absolute Gasteiger partial charge is 0.416 e. The molecule has 110 valence electrons. The minimum atomic E-state index is -4.37. The number of hydrogen-bond acceptors (Lipinski definition) is 3. The Morgan fingerprint density at radius 2 is 1.90 bits per heavy atom. The number of benzene rings is 1. The first-order valence-corrected chi connectivity index (χ1v) is 5.92. The lowest BCUT2D eigenvalue weighted by molar-refractivity contribution is -0.137. The summed E-state index contributed by atoms with van der Waals surface area (Å²) < 4.78 is 42.1. The SMILES string of the molecule is Cc1occc1C(=O)N/N=C\c1ccc(C(F)(F)F)cc1. The van der Waals surface area contributed by atoms with Gasteiger partial charge in [0, 0.05) is 0 Å². The molecular formula is C14H11F3N2O2. The predicted octanol–water partition coefficient (Wildman–Crippen LogP) is 3.37. The van der Waals surface area contributed by atoms with Crippen LogP contribution in [-0.2, 0) is 6.18 Å². The highest BCUT2D eigenvalue weighted by molar-refractivity contribution is 5.95. The maximum Gasteiger partial charge on any atom is 0.416 e. The summed E-state index contributed by atoms with van der Waals surface area (Å²) >= 11 is 0. The Morgan fingerprint density at radius 3 is 2.43 bits per heavy atom. The molecule has 0 saturated heterocycles. The van der Waals surface area contributed by atoms with Crippen molar-refractivity contribution in [3.8, 4) is 0 Å². The molecule has 0 aliphatic heterocycles. The summed E-state index contributed by atoms with van der Waals surface area (Å²) in [6.07, 6.45) is -1.74. The minimum absolute atomic E-state index is 0.347. The van der Waals surface area contributed by atoms with Gasteiger partial charge in [-0.15, -0.1) is 0 Å². The van der Waals surface area contributed by atoms with E-state index in [-0.39, 0.29) is 0 Å². The van der Waals surface area contributed by atoms with E-state index in [1.165, 1.54) is 30.7 Å². The standard InChI is InChI=1S/C14H11F3N2O2/c1-9-12(6-7-21-9)13(20)19-18-8-10-2-4-11(5-3-10)14(15,16)17/h2-8H,1H3,(H,19,20)/b18-8-. The van der Waals surface area contributed by atoms with Gasteiger partial charge in [0.1, 0.15) is 5.76 Å². The molecular weight excluding hydrogens is 285 g/mol. The average molecular weight is 296 g/mol. The predicted molar refractivity (Wildman–Crippen MR) is 69.9 cm³/mol. The number of amides is 1. The van der Waals surface area contributed by atoms with Crippen molar-refractivity contribution >= 4 is 12.1 Å². The lowest BCUT2D eigenvalue weighted by Crippen LogP contribution is -2.17. The third kappa shape index (κ3) is 3.71. The quantitative estimate of drug-likeness (QED) is 0.697. The van der Waals surface area contributed by atoms with Crippen LogP contribution < -0.4 is 5.43 Å². The van der Waals surface area contributed by atoms with Crippen LogP contribution in [0.1, 0.15) is 27.2 Å². The van der Waals surface area contributed by atoms with Crippen LogP contribution in [0.5, 0.6) is 0 Å². The third-order valence-corrected chi connectivity index (χ3v) is 2.72. The summed E-state index contributed by atoms with van der Waals surface area (Å²) in [5.74, 6) is 0.00152. The van der Waals surface area contributed by atoms with E-state index in [0.717, 1.165) is 12.1 Å². The fourth-order valence-electron chi connectivity index (χ4n) is 1.60. The van der Waals surface area contributed by atoms with Crippen LogP contribution in [0.25, 0.3) is 0 Å². The first kappa shape index (κ1) is 14.8. The summed E-state index contributed by atoms with van der Waals surface area (Å²) in [6.45, 7) is 1.63. The topological polar surface area (TPSA) is 54.6 Å². The highest BCUT2D eigenvalue weighted by Gasteiger charge is 2.29. The molecule has 0 saturated carbocycles. The monoisotopic (exact) mass is 296 g/mol. The summed E-state index contributed by atoms with van der Waals surface area (Å²) in [4.78, 5) is 11.7. The zero-order chi connectivity index (χ0) is 15.5. The molecule has 0 fully saturated rings. The molecule has 0 bridgehead atoms. The number of nitrogens with zero attached hydrogens (tertiary/aromatic N) is 1. The Balaban J connectivity index is 1.99. The van der Waals surface area contributed by atoms with E-state index < -0.39 is 17.6 Å². The van der Waals surface area contributed by atoms with Crippen molar-refractivity contribution in [1.29, 1.82) is 0 Å². The van der Waals surface area contributed by atoms with Gasteiger partial charge in [0.15, 0.2) is 0 Å². The molecule has 0 unspecified atom stereocenters. The lowest BCUT2D eigenvalue weighted by Gasteiger charge is -2.05. The van der Waals surface area contributed by atoms with E-state index >= 15 is 0 Å². The molecule has 7 heteroatoms. The van der Waals surface area contributed by atoms with E-state index in [0.29, 0.717) is 16.9 Å². The second-order valence-electron chi connectivity index (χ2n) is 4.21. The first-order valence-electron chi connectivity index (χ1n) is 5.92. The zero-order valence-electron chi connectivity index (χ0n) is 10.9. The van der Waals surface area contributed by atoms with Gasteiger partial charge in [0.05, 0.1) is 23.6 Å². The van der Waals surface area contributed by atoms with Crippen molar-refractivity contribution < 1.29 is 22.4 Å². The maximum absolute atomic E-state index is 12.4. The number of carbonyl (C=O) groups is 1. The Bertz CT molecular complexity index is 658. The Labute approximate surface area is 118 Å². The number of hydrazone groups is 1. The van der Waals surface area contributed by atoms with E-state index in [2.05, 4.69) is 10.5 Å². The average Bonchev–Trinajstić information content (AvgIpc) is 2.84. The number of rotatable bonds is 3. The van der Waals surface area contributed by atoms with Crippen molar-refractivity contribution in [2.24, 2.45) is 5.10 Å². The van der Waals surface area contributed by atoms with Gasteiger partial charge in [-0.25, -0.2) is 5.43 Å². The molecule has 0 aliphatic rings. The number of furan rings is 1. The Morgan fingerprint density at radius 1 is 1.24 bits per heavy atom. The van der Waals surface area contributed by atoms with Gasteiger partial charge < -0.3 is 4.42 Å².